The number of rotatable bonds is 6. The molecule has 112 valence electrons. The first-order chi connectivity index (χ1) is 9.40. The molecule has 0 radical (unpaired) electrons. The highest BCUT2D eigenvalue weighted by molar-refractivity contribution is 6.33. The SMILES string of the molecule is CCN(CC1CC1)c1c(Cl)cccc1CNC(C)(C)C. The summed E-state index contributed by atoms with van der Waals surface area (Å²) in [6.07, 6.45) is 2.74. The van der Waals surface area contributed by atoms with Crippen molar-refractivity contribution in [1.82, 2.24) is 5.32 Å². The van der Waals surface area contributed by atoms with Crippen LogP contribution in [0, 0.1) is 5.92 Å². The normalized spacial score (nSPS) is 15.4. The summed E-state index contributed by atoms with van der Waals surface area (Å²) < 4.78 is 0. The Kier molecular flexibility index (Phi) is 4.98. The van der Waals surface area contributed by atoms with Crippen LogP contribution in [0.5, 0.6) is 0 Å². The number of anilines is 1. The van der Waals surface area contributed by atoms with E-state index in [4.69, 9.17) is 11.6 Å². The topological polar surface area (TPSA) is 15.3 Å². The van der Waals surface area contributed by atoms with Gasteiger partial charge in [0, 0.05) is 25.2 Å². The van der Waals surface area contributed by atoms with Crippen molar-refractivity contribution in [2.75, 3.05) is 18.0 Å². The number of nitrogens with one attached hydrogen (secondary N) is 1. The molecule has 1 aromatic rings. The summed E-state index contributed by atoms with van der Waals surface area (Å²) in [4.78, 5) is 2.44. The Labute approximate surface area is 128 Å². The third kappa shape index (κ3) is 4.39. The molecule has 3 heteroatoms. The summed E-state index contributed by atoms with van der Waals surface area (Å²) in [5.41, 5.74) is 2.64. The molecule has 0 amide bonds. The Morgan fingerprint density at radius 1 is 1.30 bits per heavy atom. The molecule has 0 saturated heterocycles. The Morgan fingerprint density at radius 2 is 2.00 bits per heavy atom. The van der Waals surface area contributed by atoms with Crippen molar-refractivity contribution >= 4 is 17.3 Å². The molecule has 1 aromatic carbocycles. The summed E-state index contributed by atoms with van der Waals surface area (Å²) in [7, 11) is 0. The first-order valence-corrected chi connectivity index (χ1v) is 8.06. The first kappa shape index (κ1) is 15.7. The molecule has 1 N–H and O–H groups in total. The molecule has 20 heavy (non-hydrogen) atoms. The zero-order valence-electron chi connectivity index (χ0n) is 13.2. The van der Waals surface area contributed by atoms with Crippen LogP contribution in [0.4, 0.5) is 5.69 Å². The van der Waals surface area contributed by atoms with E-state index >= 15 is 0 Å². The highest BCUT2D eigenvalue weighted by Crippen LogP contribution is 2.35. The van der Waals surface area contributed by atoms with Gasteiger partial charge >= 0.3 is 0 Å². The van der Waals surface area contributed by atoms with Crippen LogP contribution in [0.3, 0.4) is 0 Å². The van der Waals surface area contributed by atoms with Crippen LogP contribution in [-0.2, 0) is 6.54 Å². The molecule has 0 aliphatic heterocycles. The van der Waals surface area contributed by atoms with E-state index in [1.807, 2.05) is 6.07 Å². The highest BCUT2D eigenvalue weighted by Gasteiger charge is 2.25. The van der Waals surface area contributed by atoms with Gasteiger partial charge in [-0.1, -0.05) is 23.7 Å². The minimum absolute atomic E-state index is 0.118. The minimum atomic E-state index is 0.118. The second-order valence-corrected chi connectivity index (χ2v) is 7.24. The maximum Gasteiger partial charge on any atom is 0.0642 e. The van der Waals surface area contributed by atoms with Gasteiger partial charge in [-0.2, -0.15) is 0 Å². The number of para-hydroxylation sites is 1. The third-order valence-electron chi connectivity index (χ3n) is 3.75. The van der Waals surface area contributed by atoms with Gasteiger partial charge in [-0.15, -0.1) is 0 Å². The second-order valence-electron chi connectivity index (χ2n) is 6.83. The summed E-state index contributed by atoms with van der Waals surface area (Å²) in [5, 5.41) is 4.44. The van der Waals surface area contributed by atoms with Crippen molar-refractivity contribution in [2.45, 2.75) is 52.6 Å². The van der Waals surface area contributed by atoms with Crippen LogP contribution in [0.2, 0.25) is 5.02 Å². The zero-order valence-corrected chi connectivity index (χ0v) is 13.9. The van der Waals surface area contributed by atoms with Gasteiger partial charge < -0.3 is 10.2 Å². The predicted molar refractivity (Wildman–Crippen MR) is 88.7 cm³/mol. The van der Waals surface area contributed by atoms with E-state index in [1.54, 1.807) is 0 Å². The number of halogens is 1. The molecule has 0 spiro atoms. The lowest BCUT2D eigenvalue weighted by Gasteiger charge is -2.28. The fourth-order valence-corrected chi connectivity index (χ4v) is 2.72. The smallest absolute Gasteiger partial charge is 0.0642 e. The molecule has 2 rings (SSSR count). The molecule has 0 unspecified atom stereocenters. The fourth-order valence-electron chi connectivity index (χ4n) is 2.41. The van der Waals surface area contributed by atoms with Crippen LogP contribution >= 0.6 is 11.6 Å². The van der Waals surface area contributed by atoms with E-state index in [0.29, 0.717) is 0 Å². The summed E-state index contributed by atoms with van der Waals surface area (Å²) in [6.45, 7) is 11.8. The molecule has 1 fully saturated rings. The molecule has 0 heterocycles. The van der Waals surface area contributed by atoms with Crippen molar-refractivity contribution in [3.63, 3.8) is 0 Å². The average Bonchev–Trinajstić information content (AvgIpc) is 3.17. The van der Waals surface area contributed by atoms with E-state index in [0.717, 1.165) is 30.6 Å². The second kappa shape index (κ2) is 6.36. The average molecular weight is 295 g/mol. The molecule has 0 atom stereocenters. The van der Waals surface area contributed by atoms with Crippen molar-refractivity contribution in [3.05, 3.63) is 28.8 Å². The van der Waals surface area contributed by atoms with Crippen LogP contribution < -0.4 is 10.2 Å². The molecular weight excluding hydrogens is 268 g/mol. The lowest BCUT2D eigenvalue weighted by Crippen LogP contribution is -2.36. The Balaban J connectivity index is 2.19. The monoisotopic (exact) mass is 294 g/mol. The van der Waals surface area contributed by atoms with E-state index in [-0.39, 0.29) is 5.54 Å². The highest BCUT2D eigenvalue weighted by atomic mass is 35.5. The molecule has 1 saturated carbocycles. The van der Waals surface area contributed by atoms with E-state index in [2.05, 4.69) is 50.0 Å². The molecule has 1 aliphatic carbocycles. The molecule has 2 nitrogen and oxygen atoms in total. The van der Waals surface area contributed by atoms with Crippen molar-refractivity contribution in [3.8, 4) is 0 Å². The standard InChI is InChI=1S/C17H27ClN2/c1-5-20(12-13-9-10-13)16-14(7-6-8-15(16)18)11-19-17(2,3)4/h6-8,13,19H,5,9-12H2,1-4H3. The minimum Gasteiger partial charge on any atom is -0.370 e. The Hall–Kier alpha value is -0.730. The maximum atomic E-state index is 6.49. The first-order valence-electron chi connectivity index (χ1n) is 7.68. The summed E-state index contributed by atoms with van der Waals surface area (Å²) in [6, 6.07) is 6.25. The van der Waals surface area contributed by atoms with E-state index < -0.39 is 0 Å². The molecule has 0 bridgehead atoms. The van der Waals surface area contributed by atoms with Gasteiger partial charge in [0.1, 0.15) is 0 Å². The number of nitrogens with zero attached hydrogens (tertiary/aromatic N) is 1. The van der Waals surface area contributed by atoms with Crippen molar-refractivity contribution in [2.24, 2.45) is 5.92 Å². The van der Waals surface area contributed by atoms with Gasteiger partial charge in [-0.05, 0) is 58.1 Å². The third-order valence-corrected chi connectivity index (χ3v) is 4.06. The van der Waals surface area contributed by atoms with Crippen LogP contribution in [-0.4, -0.2) is 18.6 Å². The predicted octanol–water partition coefficient (Wildman–Crippen LogP) is 4.46. The van der Waals surface area contributed by atoms with Gasteiger partial charge in [0.25, 0.3) is 0 Å². The largest absolute Gasteiger partial charge is 0.370 e. The number of benzene rings is 1. The van der Waals surface area contributed by atoms with Crippen molar-refractivity contribution in [1.29, 1.82) is 0 Å². The zero-order chi connectivity index (χ0) is 14.8. The van der Waals surface area contributed by atoms with Gasteiger partial charge in [0.15, 0.2) is 0 Å². The summed E-state index contributed by atoms with van der Waals surface area (Å²) >= 11 is 6.49. The van der Waals surface area contributed by atoms with Gasteiger partial charge in [-0.25, -0.2) is 0 Å². The Morgan fingerprint density at radius 3 is 2.55 bits per heavy atom. The number of hydrogen-bond donors (Lipinski definition) is 1. The maximum absolute atomic E-state index is 6.49. The quantitative estimate of drug-likeness (QED) is 0.833. The Bertz CT molecular complexity index is 447. The summed E-state index contributed by atoms with van der Waals surface area (Å²) in [5.74, 6) is 0.870. The van der Waals surface area contributed by atoms with E-state index in [9.17, 15) is 0 Å². The molecule has 0 aromatic heterocycles. The van der Waals surface area contributed by atoms with E-state index in [1.165, 1.54) is 24.1 Å². The lowest BCUT2D eigenvalue weighted by molar-refractivity contribution is 0.424. The molecule has 1 aliphatic rings. The van der Waals surface area contributed by atoms with Gasteiger partial charge in [0.2, 0.25) is 0 Å². The van der Waals surface area contributed by atoms with Gasteiger partial charge in [0.05, 0.1) is 10.7 Å². The van der Waals surface area contributed by atoms with Crippen molar-refractivity contribution < 1.29 is 0 Å². The molecular formula is C17H27ClN2. The van der Waals surface area contributed by atoms with Crippen LogP contribution in [0.1, 0.15) is 46.1 Å². The van der Waals surface area contributed by atoms with Crippen LogP contribution in [0.25, 0.3) is 0 Å². The van der Waals surface area contributed by atoms with Crippen LogP contribution in [0.15, 0.2) is 18.2 Å². The fraction of sp³-hybridized carbons (Fsp3) is 0.647. The van der Waals surface area contributed by atoms with Gasteiger partial charge in [-0.3, -0.25) is 0 Å². The number of hydrogen-bond acceptors (Lipinski definition) is 2. The lowest BCUT2D eigenvalue weighted by atomic mass is 10.1.